The molecule has 0 radical (unpaired) electrons. The minimum Gasteiger partial charge on any atom is -0.493 e. The van der Waals surface area contributed by atoms with Crippen molar-refractivity contribution in [2.45, 2.75) is 59.3 Å². The molecule has 0 saturated heterocycles. The number of hydrogen-bond donors (Lipinski definition) is 1. The van der Waals surface area contributed by atoms with Crippen molar-refractivity contribution >= 4 is 11.8 Å². The van der Waals surface area contributed by atoms with Crippen molar-refractivity contribution in [3.8, 4) is 28.1 Å². The summed E-state index contributed by atoms with van der Waals surface area (Å²) in [5, 5.41) is 10.7. The number of rotatable bonds is 11. The maximum Gasteiger partial charge on any atom is 0.310 e. The number of aryl methyl sites for hydroxylation is 2. The number of ether oxygens (including phenoxy) is 1. The van der Waals surface area contributed by atoms with Gasteiger partial charge in [-0.15, -0.1) is 0 Å². The first-order valence-electron chi connectivity index (χ1n) is 16.3. The van der Waals surface area contributed by atoms with Crippen LogP contribution in [0.15, 0.2) is 54.6 Å². The molecular formula is C38H46N2O4. The van der Waals surface area contributed by atoms with Crippen LogP contribution in [0.3, 0.4) is 0 Å². The van der Waals surface area contributed by atoms with Crippen molar-refractivity contribution in [1.82, 2.24) is 9.88 Å². The highest BCUT2D eigenvalue weighted by atomic mass is 16.5. The van der Waals surface area contributed by atoms with Gasteiger partial charge in [0.2, 0.25) is 0 Å². The van der Waals surface area contributed by atoms with E-state index in [0.29, 0.717) is 35.7 Å². The molecule has 4 aliphatic carbocycles. The van der Waals surface area contributed by atoms with Gasteiger partial charge in [0.25, 0.3) is 0 Å². The van der Waals surface area contributed by atoms with Crippen LogP contribution >= 0.6 is 0 Å². The molecule has 3 aromatic rings. The summed E-state index contributed by atoms with van der Waals surface area (Å²) >= 11 is 0. The Morgan fingerprint density at radius 2 is 1.61 bits per heavy atom. The molecule has 7 rings (SSSR count). The van der Waals surface area contributed by atoms with E-state index in [1.807, 2.05) is 43.3 Å². The van der Waals surface area contributed by atoms with Gasteiger partial charge in [-0.05, 0) is 119 Å². The van der Waals surface area contributed by atoms with Gasteiger partial charge in [-0.2, -0.15) is 0 Å². The van der Waals surface area contributed by atoms with Gasteiger partial charge in [-0.1, -0.05) is 43.3 Å². The second-order valence-electron chi connectivity index (χ2n) is 14.3. The van der Waals surface area contributed by atoms with Crippen molar-refractivity contribution in [2.24, 2.45) is 35.0 Å². The standard InChI is InChI=1S/C38H46N2O4/c1-23(21-40(4)5)22-44-35-19-28(11-10-25(35)3)36-32(31-9-7-6-8-24(31)2)12-13-33(39-36)34(41)20-38(37(42)43)29-15-26-14-27(17-29)18-30(38)16-26/h6-13,19,23,26-27,29-30H,14-18,20-22H2,1-5H3,(H,42,43)/t23-,26?,27?,29?,30?,38?/m0/s1. The van der Waals surface area contributed by atoms with E-state index in [9.17, 15) is 14.7 Å². The van der Waals surface area contributed by atoms with Crippen LogP contribution in [0, 0.1) is 48.9 Å². The molecule has 4 fully saturated rings. The summed E-state index contributed by atoms with van der Waals surface area (Å²) in [4.78, 5) is 34.3. The third-order valence-corrected chi connectivity index (χ3v) is 10.7. The lowest BCUT2D eigenvalue weighted by Crippen LogP contribution is -2.57. The average molecular weight is 595 g/mol. The molecule has 0 spiro atoms. The molecular weight excluding hydrogens is 548 g/mol. The van der Waals surface area contributed by atoms with Crippen molar-refractivity contribution in [2.75, 3.05) is 27.2 Å². The number of carboxylic acid groups (broad SMARTS) is 1. The molecule has 0 unspecified atom stereocenters. The summed E-state index contributed by atoms with van der Waals surface area (Å²) in [6, 6.07) is 18.1. The first-order valence-corrected chi connectivity index (χ1v) is 16.3. The van der Waals surface area contributed by atoms with Gasteiger partial charge in [0, 0.05) is 30.0 Å². The molecule has 6 nitrogen and oxygen atoms in total. The number of ketones is 1. The van der Waals surface area contributed by atoms with Crippen LogP contribution in [0.2, 0.25) is 0 Å². The van der Waals surface area contributed by atoms with E-state index in [4.69, 9.17) is 9.72 Å². The monoisotopic (exact) mass is 594 g/mol. The minimum atomic E-state index is -0.977. The second-order valence-corrected chi connectivity index (χ2v) is 14.3. The number of Topliss-reactive ketones (excluding diaryl/α,β-unsaturated/α-hetero) is 1. The van der Waals surface area contributed by atoms with Crippen LogP contribution in [0.25, 0.3) is 22.4 Å². The molecule has 0 aliphatic heterocycles. The molecule has 1 heterocycles. The predicted octanol–water partition coefficient (Wildman–Crippen LogP) is 7.71. The third kappa shape index (κ3) is 5.69. The first kappa shape index (κ1) is 30.5. The van der Waals surface area contributed by atoms with E-state index in [-0.39, 0.29) is 24.0 Å². The van der Waals surface area contributed by atoms with Crippen LogP contribution in [0.4, 0.5) is 0 Å². The largest absolute Gasteiger partial charge is 0.493 e. The molecule has 4 saturated carbocycles. The van der Waals surface area contributed by atoms with Gasteiger partial charge in [0.05, 0.1) is 17.7 Å². The molecule has 4 aliphatic rings. The normalized spacial score (nSPS) is 26.1. The number of carboxylic acids is 1. The van der Waals surface area contributed by atoms with E-state index in [2.05, 4.69) is 45.0 Å². The van der Waals surface area contributed by atoms with Gasteiger partial charge in [0.15, 0.2) is 5.78 Å². The number of carbonyl (C=O) groups excluding carboxylic acids is 1. The maximum atomic E-state index is 14.1. The Hall–Kier alpha value is -3.51. The van der Waals surface area contributed by atoms with E-state index in [0.717, 1.165) is 65.8 Å². The fourth-order valence-electron chi connectivity index (χ4n) is 8.83. The van der Waals surface area contributed by atoms with Gasteiger partial charge in [0.1, 0.15) is 11.4 Å². The highest BCUT2D eigenvalue weighted by molar-refractivity contribution is 5.99. The Kier molecular flexibility index (Phi) is 8.40. The summed E-state index contributed by atoms with van der Waals surface area (Å²) in [5.41, 5.74) is 5.11. The quantitative estimate of drug-likeness (QED) is 0.229. The molecule has 232 valence electrons. The molecule has 1 aromatic heterocycles. The van der Waals surface area contributed by atoms with Crippen LogP contribution in [-0.4, -0.2) is 54.0 Å². The fraction of sp³-hybridized carbons (Fsp3) is 0.500. The number of nitrogens with zero attached hydrogens (tertiary/aromatic N) is 2. The Morgan fingerprint density at radius 3 is 2.25 bits per heavy atom. The van der Waals surface area contributed by atoms with Crippen molar-refractivity contribution < 1.29 is 19.4 Å². The molecule has 4 bridgehead atoms. The predicted molar refractivity (Wildman–Crippen MR) is 174 cm³/mol. The van der Waals surface area contributed by atoms with E-state index >= 15 is 0 Å². The van der Waals surface area contributed by atoms with Crippen molar-refractivity contribution in [1.29, 1.82) is 0 Å². The molecule has 44 heavy (non-hydrogen) atoms. The van der Waals surface area contributed by atoms with E-state index < -0.39 is 11.4 Å². The number of hydrogen-bond acceptors (Lipinski definition) is 5. The number of aliphatic carboxylic acids is 1. The lowest BCUT2D eigenvalue weighted by atomic mass is 9.44. The Labute approximate surface area is 261 Å². The SMILES string of the molecule is Cc1ccc(-c2nc(C(=O)CC3(C(=O)O)C4CC5CC(C4)CC3C5)ccc2-c2ccccc2C)cc1OC[C@@H](C)CN(C)C. The summed E-state index contributed by atoms with van der Waals surface area (Å²) in [7, 11) is 4.13. The first-order chi connectivity index (χ1) is 21.0. The number of aromatic nitrogens is 1. The molecule has 0 amide bonds. The smallest absolute Gasteiger partial charge is 0.310 e. The van der Waals surface area contributed by atoms with E-state index in [1.54, 1.807) is 6.07 Å². The van der Waals surface area contributed by atoms with E-state index in [1.165, 1.54) is 6.42 Å². The lowest BCUT2D eigenvalue weighted by molar-refractivity contribution is -0.177. The number of carbonyl (C=O) groups is 2. The number of pyridine rings is 1. The maximum absolute atomic E-state index is 14.1. The molecule has 1 atom stereocenters. The molecule has 1 N–H and O–H groups in total. The highest BCUT2D eigenvalue weighted by Crippen LogP contribution is 2.63. The second kappa shape index (κ2) is 12.1. The molecule has 2 aromatic carbocycles. The fourth-order valence-corrected chi connectivity index (χ4v) is 8.83. The minimum absolute atomic E-state index is 0.0271. The molecule has 6 heteroatoms. The third-order valence-electron chi connectivity index (χ3n) is 10.7. The van der Waals surface area contributed by atoms with Gasteiger partial charge in [-0.25, -0.2) is 4.98 Å². The van der Waals surface area contributed by atoms with Crippen LogP contribution in [0.1, 0.15) is 67.1 Å². The van der Waals surface area contributed by atoms with Crippen LogP contribution in [0.5, 0.6) is 5.75 Å². The van der Waals surface area contributed by atoms with Gasteiger partial charge < -0.3 is 14.7 Å². The van der Waals surface area contributed by atoms with Crippen LogP contribution in [-0.2, 0) is 4.79 Å². The van der Waals surface area contributed by atoms with Gasteiger partial charge in [-0.3, -0.25) is 9.59 Å². The van der Waals surface area contributed by atoms with Crippen LogP contribution < -0.4 is 4.74 Å². The Balaban J connectivity index is 1.36. The average Bonchev–Trinajstić information content (AvgIpc) is 2.98. The topological polar surface area (TPSA) is 79.7 Å². The zero-order valence-corrected chi connectivity index (χ0v) is 26.8. The zero-order valence-electron chi connectivity index (χ0n) is 26.8. The Bertz CT molecular complexity index is 1530. The van der Waals surface area contributed by atoms with Gasteiger partial charge >= 0.3 is 5.97 Å². The summed E-state index contributed by atoms with van der Waals surface area (Å²) in [6.45, 7) is 7.83. The summed E-state index contributed by atoms with van der Waals surface area (Å²) in [5.74, 6) is 1.63. The lowest BCUT2D eigenvalue weighted by Gasteiger charge is -2.59. The Morgan fingerprint density at radius 1 is 0.932 bits per heavy atom. The zero-order chi connectivity index (χ0) is 31.2. The summed E-state index contributed by atoms with van der Waals surface area (Å²) in [6.07, 6.45) is 5.03. The summed E-state index contributed by atoms with van der Waals surface area (Å²) < 4.78 is 6.32. The van der Waals surface area contributed by atoms with Crippen molar-refractivity contribution in [3.05, 3.63) is 71.4 Å². The van der Waals surface area contributed by atoms with Crippen molar-refractivity contribution in [3.63, 3.8) is 0 Å². The highest BCUT2D eigenvalue weighted by Gasteiger charge is 2.61. The number of benzene rings is 2.